The summed E-state index contributed by atoms with van der Waals surface area (Å²) in [5, 5.41) is 7.86. The molecule has 0 aromatic carbocycles. The number of aromatic nitrogens is 4. The first-order valence-electron chi connectivity index (χ1n) is 6.31. The van der Waals surface area contributed by atoms with E-state index < -0.39 is 0 Å². The van der Waals surface area contributed by atoms with Gasteiger partial charge in [-0.1, -0.05) is 0 Å². The second-order valence-electron chi connectivity index (χ2n) is 4.34. The molecule has 2 aromatic heterocycles. The van der Waals surface area contributed by atoms with Gasteiger partial charge in [-0.15, -0.1) is 0 Å². The third-order valence-electron chi connectivity index (χ3n) is 2.95. The average molecular weight is 265 g/mol. The molecule has 0 saturated carbocycles. The molecule has 7 nitrogen and oxygen atoms in total. The minimum absolute atomic E-state index is 0.0446. The summed E-state index contributed by atoms with van der Waals surface area (Å²) in [6.45, 7) is 2.96. The Balaban J connectivity index is 1.94. The molecule has 104 valence electrons. The normalized spacial score (nSPS) is 11.3. The molecule has 2 rings (SSSR count). The molecule has 0 aliphatic carbocycles. The minimum atomic E-state index is -0.0446. The molecule has 0 spiro atoms. The van der Waals surface area contributed by atoms with Crippen LogP contribution in [0.5, 0.6) is 0 Å². The smallest absolute Gasteiger partial charge is 0.264 e. The lowest BCUT2D eigenvalue weighted by Gasteiger charge is -2.06. The van der Waals surface area contributed by atoms with Crippen molar-refractivity contribution in [2.75, 3.05) is 26.8 Å². The van der Waals surface area contributed by atoms with Crippen LogP contribution in [-0.4, -0.2) is 46.1 Å². The first kappa shape index (κ1) is 13.7. The van der Waals surface area contributed by atoms with E-state index in [4.69, 9.17) is 4.74 Å². The van der Waals surface area contributed by atoms with Crippen LogP contribution in [0.25, 0.3) is 11.0 Å². The van der Waals surface area contributed by atoms with Crippen LogP contribution in [0.4, 0.5) is 0 Å². The van der Waals surface area contributed by atoms with E-state index in [0.29, 0.717) is 17.6 Å². The van der Waals surface area contributed by atoms with E-state index in [1.165, 1.54) is 0 Å². The van der Waals surface area contributed by atoms with Crippen molar-refractivity contribution in [3.8, 4) is 0 Å². The lowest BCUT2D eigenvalue weighted by molar-refractivity contribution is 0.194. The highest BCUT2D eigenvalue weighted by molar-refractivity contribution is 5.72. The summed E-state index contributed by atoms with van der Waals surface area (Å²) < 4.78 is 8.17. The molecule has 0 aliphatic rings. The predicted octanol–water partition coefficient (Wildman–Crippen LogP) is -0.244. The van der Waals surface area contributed by atoms with Gasteiger partial charge in [0.2, 0.25) is 0 Å². The second-order valence-corrected chi connectivity index (χ2v) is 4.34. The third kappa shape index (κ3) is 3.18. The Morgan fingerprint density at radius 2 is 2.26 bits per heavy atom. The maximum absolute atomic E-state index is 12.1. The number of methoxy groups -OCH3 is 1. The fourth-order valence-corrected chi connectivity index (χ4v) is 1.89. The Morgan fingerprint density at radius 3 is 3.05 bits per heavy atom. The maximum atomic E-state index is 12.1. The van der Waals surface area contributed by atoms with Gasteiger partial charge in [0.1, 0.15) is 11.7 Å². The van der Waals surface area contributed by atoms with Gasteiger partial charge in [-0.05, 0) is 13.0 Å². The zero-order valence-electron chi connectivity index (χ0n) is 11.3. The fraction of sp³-hybridized carbons (Fsp3) is 0.583. The van der Waals surface area contributed by atoms with Crippen LogP contribution in [0.3, 0.4) is 0 Å². The van der Waals surface area contributed by atoms with Crippen LogP contribution in [0.1, 0.15) is 6.42 Å². The molecule has 2 heterocycles. The van der Waals surface area contributed by atoms with Crippen LogP contribution < -0.4 is 10.9 Å². The van der Waals surface area contributed by atoms with Crippen molar-refractivity contribution in [2.24, 2.45) is 7.05 Å². The van der Waals surface area contributed by atoms with Gasteiger partial charge in [-0.2, -0.15) is 5.10 Å². The van der Waals surface area contributed by atoms with E-state index in [9.17, 15) is 4.79 Å². The van der Waals surface area contributed by atoms with Gasteiger partial charge < -0.3 is 10.1 Å². The summed E-state index contributed by atoms with van der Waals surface area (Å²) in [4.78, 5) is 16.4. The van der Waals surface area contributed by atoms with Crippen LogP contribution in [-0.2, 0) is 18.3 Å². The van der Waals surface area contributed by atoms with E-state index in [0.717, 1.165) is 26.1 Å². The molecule has 0 saturated heterocycles. The van der Waals surface area contributed by atoms with Crippen molar-refractivity contribution in [3.63, 3.8) is 0 Å². The summed E-state index contributed by atoms with van der Waals surface area (Å²) in [7, 11) is 3.46. The number of aryl methyl sites for hydroxylation is 1. The van der Waals surface area contributed by atoms with Crippen LogP contribution in [0.15, 0.2) is 17.3 Å². The minimum Gasteiger partial charge on any atom is -0.385 e. The van der Waals surface area contributed by atoms with Gasteiger partial charge in [-0.3, -0.25) is 14.0 Å². The molecule has 19 heavy (non-hydrogen) atoms. The van der Waals surface area contributed by atoms with Gasteiger partial charge in [0.05, 0.1) is 6.20 Å². The zero-order valence-corrected chi connectivity index (χ0v) is 11.3. The second kappa shape index (κ2) is 6.44. The Bertz CT molecular complexity index is 589. The first-order valence-corrected chi connectivity index (χ1v) is 6.31. The molecule has 0 unspecified atom stereocenters. The highest BCUT2D eigenvalue weighted by atomic mass is 16.5. The molecule has 0 radical (unpaired) electrons. The predicted molar refractivity (Wildman–Crippen MR) is 72.1 cm³/mol. The number of hydrogen-bond acceptors (Lipinski definition) is 5. The van der Waals surface area contributed by atoms with Gasteiger partial charge in [-0.25, -0.2) is 4.98 Å². The Hall–Kier alpha value is -1.73. The van der Waals surface area contributed by atoms with E-state index in [1.54, 1.807) is 35.9 Å². The fourth-order valence-electron chi connectivity index (χ4n) is 1.89. The SMILES string of the molecule is COCCCNCCn1cnc2c(cnn2C)c1=O. The molecule has 0 aliphatic heterocycles. The molecule has 0 amide bonds. The topological polar surface area (TPSA) is 74.0 Å². The van der Waals surface area contributed by atoms with Crippen molar-refractivity contribution in [3.05, 3.63) is 22.9 Å². The molecule has 2 aromatic rings. The van der Waals surface area contributed by atoms with Gasteiger partial charge >= 0.3 is 0 Å². The van der Waals surface area contributed by atoms with Crippen molar-refractivity contribution < 1.29 is 4.74 Å². The Kier molecular flexibility index (Phi) is 4.64. The molecule has 7 heteroatoms. The number of rotatable bonds is 7. The number of fused-ring (bicyclic) bond motifs is 1. The summed E-state index contributed by atoms with van der Waals surface area (Å²) in [6.07, 6.45) is 4.10. The first-order chi connectivity index (χ1) is 9.24. The molecule has 1 N–H and O–H groups in total. The van der Waals surface area contributed by atoms with E-state index >= 15 is 0 Å². The van der Waals surface area contributed by atoms with Gasteiger partial charge in [0, 0.05) is 33.9 Å². The maximum Gasteiger partial charge on any atom is 0.264 e. The summed E-state index contributed by atoms with van der Waals surface area (Å²) in [6, 6.07) is 0. The number of nitrogens with zero attached hydrogens (tertiary/aromatic N) is 4. The summed E-state index contributed by atoms with van der Waals surface area (Å²) >= 11 is 0. The number of hydrogen-bond donors (Lipinski definition) is 1. The highest BCUT2D eigenvalue weighted by Crippen LogP contribution is 2.02. The monoisotopic (exact) mass is 265 g/mol. The quantitative estimate of drug-likeness (QED) is 0.699. The van der Waals surface area contributed by atoms with Gasteiger partial charge in [0.25, 0.3) is 5.56 Å². The number of nitrogens with one attached hydrogen (secondary N) is 1. The summed E-state index contributed by atoms with van der Waals surface area (Å²) in [5.41, 5.74) is 0.575. The molecular weight excluding hydrogens is 246 g/mol. The highest BCUT2D eigenvalue weighted by Gasteiger charge is 2.07. The number of ether oxygens (including phenoxy) is 1. The Morgan fingerprint density at radius 1 is 1.42 bits per heavy atom. The van der Waals surface area contributed by atoms with Gasteiger partial charge in [0.15, 0.2) is 5.65 Å². The molecular formula is C12H19N5O2. The van der Waals surface area contributed by atoms with Crippen LogP contribution in [0, 0.1) is 0 Å². The molecule has 0 atom stereocenters. The van der Waals surface area contributed by atoms with E-state index in [1.807, 2.05) is 0 Å². The van der Waals surface area contributed by atoms with Crippen molar-refractivity contribution in [1.82, 2.24) is 24.6 Å². The van der Waals surface area contributed by atoms with Crippen LogP contribution in [0.2, 0.25) is 0 Å². The molecule has 0 bridgehead atoms. The summed E-state index contributed by atoms with van der Waals surface area (Å²) in [5.74, 6) is 0. The van der Waals surface area contributed by atoms with E-state index in [-0.39, 0.29) is 5.56 Å². The lowest BCUT2D eigenvalue weighted by Crippen LogP contribution is -2.28. The Labute approximate surface area is 111 Å². The van der Waals surface area contributed by atoms with Crippen LogP contribution >= 0.6 is 0 Å². The lowest BCUT2D eigenvalue weighted by atomic mass is 10.4. The third-order valence-corrected chi connectivity index (χ3v) is 2.95. The zero-order chi connectivity index (χ0) is 13.7. The van der Waals surface area contributed by atoms with E-state index in [2.05, 4.69) is 15.4 Å². The van der Waals surface area contributed by atoms with Crippen molar-refractivity contribution >= 4 is 11.0 Å². The standard InChI is InChI=1S/C12H19N5O2/c1-16-11-10(8-15-16)12(18)17(9-14-11)6-5-13-4-3-7-19-2/h8-9,13H,3-7H2,1-2H3. The largest absolute Gasteiger partial charge is 0.385 e. The van der Waals surface area contributed by atoms with Crippen molar-refractivity contribution in [2.45, 2.75) is 13.0 Å². The van der Waals surface area contributed by atoms with Crippen molar-refractivity contribution in [1.29, 1.82) is 0 Å². The molecule has 0 fully saturated rings. The average Bonchev–Trinajstić information content (AvgIpc) is 2.78.